The Hall–Kier alpha value is -1.29. The van der Waals surface area contributed by atoms with Crippen LogP contribution in [0.15, 0.2) is 29.4 Å². The number of aromatic nitrogens is 1. The van der Waals surface area contributed by atoms with E-state index in [4.69, 9.17) is 5.11 Å². The summed E-state index contributed by atoms with van der Waals surface area (Å²) < 4.78 is 0. The molecule has 0 atom stereocenters. The smallest absolute Gasteiger partial charge is 0.328 e. The standard InChI is InChI=1S/C10H11NO2S/c1-2-14-9-5-3-8(7-11-9)4-6-10(12)13/h3-7H,2H2,1H3,(H,12,13)/b6-4-. The molecule has 0 bridgehead atoms. The topological polar surface area (TPSA) is 50.2 Å². The number of rotatable bonds is 4. The number of pyridine rings is 1. The summed E-state index contributed by atoms with van der Waals surface area (Å²) in [6, 6.07) is 3.74. The molecular formula is C10H11NO2S. The summed E-state index contributed by atoms with van der Waals surface area (Å²) >= 11 is 1.66. The minimum atomic E-state index is -0.947. The number of aliphatic carboxylic acids is 1. The van der Waals surface area contributed by atoms with Gasteiger partial charge in [-0.05, 0) is 23.5 Å². The number of thioether (sulfide) groups is 1. The monoisotopic (exact) mass is 209 g/mol. The highest BCUT2D eigenvalue weighted by Crippen LogP contribution is 2.14. The molecule has 0 amide bonds. The van der Waals surface area contributed by atoms with Gasteiger partial charge in [0, 0.05) is 12.3 Å². The highest BCUT2D eigenvalue weighted by atomic mass is 32.2. The number of hydrogen-bond acceptors (Lipinski definition) is 3. The second-order valence-corrected chi connectivity index (χ2v) is 3.82. The second kappa shape index (κ2) is 5.44. The van der Waals surface area contributed by atoms with Crippen LogP contribution in [0.4, 0.5) is 0 Å². The quantitative estimate of drug-likeness (QED) is 0.610. The van der Waals surface area contributed by atoms with Crippen LogP contribution in [0.5, 0.6) is 0 Å². The Balaban J connectivity index is 2.68. The van der Waals surface area contributed by atoms with Crippen LogP contribution in [0.25, 0.3) is 6.08 Å². The van der Waals surface area contributed by atoms with E-state index in [1.165, 1.54) is 6.08 Å². The molecule has 1 heterocycles. The van der Waals surface area contributed by atoms with E-state index in [9.17, 15) is 4.79 Å². The third-order valence-electron chi connectivity index (χ3n) is 1.47. The van der Waals surface area contributed by atoms with Crippen molar-refractivity contribution in [2.75, 3.05) is 5.75 Å². The van der Waals surface area contributed by atoms with Gasteiger partial charge in [-0.25, -0.2) is 9.78 Å². The maximum atomic E-state index is 10.2. The van der Waals surface area contributed by atoms with Crippen LogP contribution in [0.2, 0.25) is 0 Å². The fraction of sp³-hybridized carbons (Fsp3) is 0.200. The van der Waals surface area contributed by atoms with Crippen LogP contribution in [0.1, 0.15) is 12.5 Å². The normalized spacial score (nSPS) is 10.6. The summed E-state index contributed by atoms with van der Waals surface area (Å²) in [5, 5.41) is 9.36. The molecule has 74 valence electrons. The molecule has 3 nitrogen and oxygen atoms in total. The Labute approximate surface area is 86.9 Å². The van der Waals surface area contributed by atoms with E-state index >= 15 is 0 Å². The fourth-order valence-corrected chi connectivity index (χ4v) is 1.48. The van der Waals surface area contributed by atoms with Crippen LogP contribution in [-0.2, 0) is 4.79 Å². The van der Waals surface area contributed by atoms with Gasteiger partial charge in [-0.1, -0.05) is 13.0 Å². The first-order valence-electron chi connectivity index (χ1n) is 4.22. The van der Waals surface area contributed by atoms with Crippen molar-refractivity contribution in [1.29, 1.82) is 0 Å². The van der Waals surface area contributed by atoms with E-state index < -0.39 is 5.97 Å². The Morgan fingerprint density at radius 3 is 2.93 bits per heavy atom. The largest absolute Gasteiger partial charge is 0.478 e. The third-order valence-corrected chi connectivity index (χ3v) is 2.30. The van der Waals surface area contributed by atoms with Crippen LogP contribution < -0.4 is 0 Å². The Morgan fingerprint density at radius 2 is 2.43 bits per heavy atom. The molecule has 14 heavy (non-hydrogen) atoms. The first-order chi connectivity index (χ1) is 6.72. The van der Waals surface area contributed by atoms with Gasteiger partial charge in [0.15, 0.2) is 0 Å². The zero-order chi connectivity index (χ0) is 10.4. The zero-order valence-electron chi connectivity index (χ0n) is 7.80. The maximum absolute atomic E-state index is 10.2. The van der Waals surface area contributed by atoms with Crippen molar-refractivity contribution in [2.24, 2.45) is 0 Å². The minimum Gasteiger partial charge on any atom is -0.478 e. The molecule has 0 saturated heterocycles. The van der Waals surface area contributed by atoms with Gasteiger partial charge >= 0.3 is 5.97 Å². The van der Waals surface area contributed by atoms with E-state index in [0.717, 1.165) is 22.4 Å². The summed E-state index contributed by atoms with van der Waals surface area (Å²) in [7, 11) is 0. The lowest BCUT2D eigenvalue weighted by atomic mass is 10.2. The van der Waals surface area contributed by atoms with Crippen molar-refractivity contribution in [3.8, 4) is 0 Å². The minimum absolute atomic E-state index is 0.799. The number of nitrogens with zero attached hydrogens (tertiary/aromatic N) is 1. The van der Waals surface area contributed by atoms with Crippen LogP contribution >= 0.6 is 11.8 Å². The molecule has 1 aromatic rings. The molecule has 0 aliphatic heterocycles. The lowest BCUT2D eigenvalue weighted by Gasteiger charge is -1.97. The Kier molecular flexibility index (Phi) is 4.19. The van der Waals surface area contributed by atoms with Crippen molar-refractivity contribution in [1.82, 2.24) is 4.98 Å². The molecule has 0 aliphatic rings. The SMILES string of the molecule is CCSc1ccc(/C=C\C(=O)O)cn1. The number of carboxylic acid groups (broad SMARTS) is 1. The van der Waals surface area contributed by atoms with Crippen LogP contribution in [0, 0.1) is 0 Å². The van der Waals surface area contributed by atoms with Gasteiger partial charge in [0.05, 0.1) is 5.03 Å². The van der Waals surface area contributed by atoms with Gasteiger partial charge in [-0.2, -0.15) is 0 Å². The van der Waals surface area contributed by atoms with E-state index in [-0.39, 0.29) is 0 Å². The molecule has 0 unspecified atom stereocenters. The molecule has 0 aromatic carbocycles. The molecular weight excluding hydrogens is 198 g/mol. The van der Waals surface area contributed by atoms with Gasteiger partial charge in [-0.15, -0.1) is 11.8 Å². The Bertz CT molecular complexity index is 332. The van der Waals surface area contributed by atoms with Gasteiger partial charge in [-0.3, -0.25) is 0 Å². The van der Waals surface area contributed by atoms with E-state index in [2.05, 4.69) is 11.9 Å². The van der Waals surface area contributed by atoms with Crippen molar-refractivity contribution in [3.05, 3.63) is 30.0 Å². The summed E-state index contributed by atoms with van der Waals surface area (Å²) in [5.74, 6) is 0.0362. The predicted octanol–water partition coefficient (Wildman–Crippen LogP) is 2.29. The third kappa shape index (κ3) is 3.62. The molecule has 0 radical (unpaired) electrons. The second-order valence-electron chi connectivity index (χ2n) is 2.53. The molecule has 4 heteroatoms. The fourth-order valence-electron chi connectivity index (χ4n) is 0.891. The van der Waals surface area contributed by atoms with Crippen LogP contribution in [-0.4, -0.2) is 21.8 Å². The lowest BCUT2D eigenvalue weighted by Crippen LogP contribution is -1.86. The first-order valence-corrected chi connectivity index (χ1v) is 5.21. The van der Waals surface area contributed by atoms with Crippen molar-refractivity contribution in [2.45, 2.75) is 11.9 Å². The number of hydrogen-bond donors (Lipinski definition) is 1. The van der Waals surface area contributed by atoms with Crippen LogP contribution in [0.3, 0.4) is 0 Å². The highest BCUT2D eigenvalue weighted by molar-refractivity contribution is 7.99. The first kappa shape index (κ1) is 10.8. The Morgan fingerprint density at radius 1 is 1.64 bits per heavy atom. The van der Waals surface area contributed by atoms with Gasteiger partial charge < -0.3 is 5.11 Å². The molecule has 1 rings (SSSR count). The molecule has 0 spiro atoms. The van der Waals surface area contributed by atoms with Gasteiger partial charge in [0.25, 0.3) is 0 Å². The van der Waals surface area contributed by atoms with E-state index in [1.54, 1.807) is 18.0 Å². The summed E-state index contributed by atoms with van der Waals surface area (Å²) in [6.45, 7) is 2.06. The van der Waals surface area contributed by atoms with Crippen molar-refractivity contribution >= 4 is 23.8 Å². The average molecular weight is 209 g/mol. The highest BCUT2D eigenvalue weighted by Gasteiger charge is 1.93. The summed E-state index contributed by atoms with van der Waals surface area (Å²) in [5.41, 5.74) is 0.799. The summed E-state index contributed by atoms with van der Waals surface area (Å²) in [6.07, 6.45) is 4.29. The van der Waals surface area contributed by atoms with Gasteiger partial charge in [0.2, 0.25) is 0 Å². The maximum Gasteiger partial charge on any atom is 0.328 e. The van der Waals surface area contributed by atoms with E-state index in [1.807, 2.05) is 12.1 Å². The zero-order valence-corrected chi connectivity index (χ0v) is 8.62. The molecule has 1 N–H and O–H groups in total. The number of carboxylic acids is 1. The predicted molar refractivity (Wildman–Crippen MR) is 57.3 cm³/mol. The number of carbonyl (C=O) groups is 1. The lowest BCUT2D eigenvalue weighted by molar-refractivity contribution is -0.131. The molecule has 1 aromatic heterocycles. The van der Waals surface area contributed by atoms with Crippen molar-refractivity contribution in [3.63, 3.8) is 0 Å². The average Bonchev–Trinajstić information content (AvgIpc) is 2.17. The molecule has 0 saturated carbocycles. The molecule has 0 fully saturated rings. The summed E-state index contributed by atoms with van der Waals surface area (Å²) in [4.78, 5) is 14.4. The molecule has 0 aliphatic carbocycles. The van der Waals surface area contributed by atoms with E-state index in [0.29, 0.717) is 0 Å². The van der Waals surface area contributed by atoms with Gasteiger partial charge in [0.1, 0.15) is 0 Å². The van der Waals surface area contributed by atoms with Crippen molar-refractivity contribution < 1.29 is 9.90 Å².